The van der Waals surface area contributed by atoms with E-state index in [1.54, 1.807) is 7.11 Å². The maximum atomic E-state index is 5.40. The zero-order valence-electron chi connectivity index (χ0n) is 11.1. The van der Waals surface area contributed by atoms with Gasteiger partial charge in [0.05, 0.1) is 19.3 Å². The Bertz CT molecular complexity index is 520. The van der Waals surface area contributed by atoms with Crippen LogP contribution in [0.15, 0.2) is 30.5 Å². The van der Waals surface area contributed by atoms with E-state index in [2.05, 4.69) is 22.5 Å². The lowest BCUT2D eigenvalue weighted by Crippen LogP contribution is -2.07. The van der Waals surface area contributed by atoms with Crippen LogP contribution in [0.5, 0.6) is 5.75 Å². The summed E-state index contributed by atoms with van der Waals surface area (Å²) in [6.07, 6.45) is 1.99. The molecule has 0 aliphatic rings. The van der Waals surface area contributed by atoms with Gasteiger partial charge in [0.15, 0.2) is 0 Å². The normalized spacial score (nSPS) is 10.6. The quantitative estimate of drug-likeness (QED) is 0.875. The van der Waals surface area contributed by atoms with E-state index < -0.39 is 0 Å². The number of hydrogen-bond donors (Lipinski definition) is 1. The van der Waals surface area contributed by atoms with E-state index in [9.17, 15) is 0 Å². The summed E-state index contributed by atoms with van der Waals surface area (Å²) in [5.41, 5.74) is 3.42. The summed E-state index contributed by atoms with van der Waals surface area (Å²) in [7, 11) is 3.64. The number of benzene rings is 1. The predicted molar refractivity (Wildman–Crippen MR) is 71.8 cm³/mol. The number of hydrogen-bond acceptors (Lipinski definition) is 3. The van der Waals surface area contributed by atoms with E-state index in [-0.39, 0.29) is 0 Å². The Kier molecular flexibility index (Phi) is 3.99. The smallest absolute Gasteiger partial charge is 0.123 e. The summed E-state index contributed by atoms with van der Waals surface area (Å²) in [6, 6.07) is 8.25. The van der Waals surface area contributed by atoms with Crippen LogP contribution < -0.4 is 10.1 Å². The molecule has 1 N–H and O–H groups in total. The monoisotopic (exact) mass is 245 g/mol. The van der Waals surface area contributed by atoms with Crippen molar-refractivity contribution in [2.24, 2.45) is 0 Å². The fourth-order valence-corrected chi connectivity index (χ4v) is 2.00. The molecule has 18 heavy (non-hydrogen) atoms. The van der Waals surface area contributed by atoms with Crippen molar-refractivity contribution < 1.29 is 4.74 Å². The number of methoxy groups -OCH3 is 1. The van der Waals surface area contributed by atoms with Crippen LogP contribution in [0.1, 0.15) is 16.8 Å². The maximum absolute atomic E-state index is 5.40. The molecule has 0 fully saturated rings. The fraction of sp³-hybridized carbons (Fsp3) is 0.357. The highest BCUT2D eigenvalue weighted by Crippen LogP contribution is 2.21. The lowest BCUT2D eigenvalue weighted by molar-refractivity contribution is 0.407. The van der Waals surface area contributed by atoms with Gasteiger partial charge in [-0.15, -0.1) is 0 Å². The van der Waals surface area contributed by atoms with Gasteiger partial charge in [0.2, 0.25) is 0 Å². The van der Waals surface area contributed by atoms with Gasteiger partial charge in [-0.1, -0.05) is 6.07 Å². The van der Waals surface area contributed by atoms with Crippen LogP contribution in [0.25, 0.3) is 0 Å². The Balaban J connectivity index is 2.26. The standard InChI is InChI=1S/C14H19N3O/c1-11-6-7-17(16-11)10-13-8-12(9-15-2)4-5-14(13)18-3/h4-8,15H,9-10H2,1-3H3. The van der Waals surface area contributed by atoms with E-state index in [4.69, 9.17) is 4.74 Å². The molecule has 1 aromatic heterocycles. The number of ether oxygens (including phenoxy) is 1. The summed E-state index contributed by atoms with van der Waals surface area (Å²) >= 11 is 0. The first-order valence-electron chi connectivity index (χ1n) is 6.03. The average molecular weight is 245 g/mol. The molecule has 96 valence electrons. The van der Waals surface area contributed by atoms with Gasteiger partial charge in [0, 0.05) is 18.3 Å². The molecule has 2 aromatic rings. The van der Waals surface area contributed by atoms with Crippen molar-refractivity contribution in [2.75, 3.05) is 14.2 Å². The van der Waals surface area contributed by atoms with E-state index in [1.165, 1.54) is 5.56 Å². The van der Waals surface area contributed by atoms with Crippen LogP contribution in [0.4, 0.5) is 0 Å². The van der Waals surface area contributed by atoms with E-state index >= 15 is 0 Å². The third-order valence-corrected chi connectivity index (χ3v) is 2.83. The maximum Gasteiger partial charge on any atom is 0.123 e. The van der Waals surface area contributed by atoms with E-state index in [0.29, 0.717) is 0 Å². The first kappa shape index (κ1) is 12.6. The lowest BCUT2D eigenvalue weighted by atomic mass is 10.1. The average Bonchev–Trinajstić information content (AvgIpc) is 2.76. The number of nitrogens with one attached hydrogen (secondary N) is 1. The van der Waals surface area contributed by atoms with Crippen molar-refractivity contribution >= 4 is 0 Å². The van der Waals surface area contributed by atoms with Crippen molar-refractivity contribution in [1.82, 2.24) is 15.1 Å². The molecule has 4 heteroatoms. The Hall–Kier alpha value is -1.81. The van der Waals surface area contributed by atoms with Crippen molar-refractivity contribution in [2.45, 2.75) is 20.0 Å². The SMILES string of the molecule is CNCc1ccc(OC)c(Cn2ccc(C)n2)c1. The summed E-state index contributed by atoms with van der Waals surface area (Å²) in [5, 5.41) is 7.56. The first-order valence-corrected chi connectivity index (χ1v) is 6.03. The van der Waals surface area contributed by atoms with Crippen LogP contribution in [-0.2, 0) is 13.1 Å². The molecule has 0 amide bonds. The minimum atomic E-state index is 0.731. The number of rotatable bonds is 5. The summed E-state index contributed by atoms with van der Waals surface area (Å²) in [5.74, 6) is 0.906. The highest BCUT2D eigenvalue weighted by molar-refractivity contribution is 5.37. The van der Waals surface area contributed by atoms with Gasteiger partial charge in [0.25, 0.3) is 0 Å². The summed E-state index contributed by atoms with van der Waals surface area (Å²) in [6.45, 7) is 3.58. The number of aryl methyl sites for hydroxylation is 1. The van der Waals surface area contributed by atoms with Crippen molar-refractivity contribution in [1.29, 1.82) is 0 Å². The van der Waals surface area contributed by atoms with Crippen molar-refractivity contribution in [3.63, 3.8) is 0 Å². The van der Waals surface area contributed by atoms with Gasteiger partial charge in [-0.3, -0.25) is 4.68 Å². The Morgan fingerprint density at radius 3 is 2.78 bits per heavy atom. The van der Waals surface area contributed by atoms with Gasteiger partial charge in [-0.25, -0.2) is 0 Å². The molecule has 2 rings (SSSR count). The largest absolute Gasteiger partial charge is 0.496 e. The number of nitrogens with zero attached hydrogens (tertiary/aromatic N) is 2. The minimum Gasteiger partial charge on any atom is -0.496 e. The van der Waals surface area contributed by atoms with Gasteiger partial charge < -0.3 is 10.1 Å². The molecule has 4 nitrogen and oxygen atoms in total. The van der Waals surface area contributed by atoms with Crippen molar-refractivity contribution in [3.8, 4) is 5.75 Å². The third-order valence-electron chi connectivity index (χ3n) is 2.83. The zero-order chi connectivity index (χ0) is 13.0. The second-order valence-electron chi connectivity index (χ2n) is 4.33. The van der Waals surface area contributed by atoms with Crippen LogP contribution in [0, 0.1) is 6.92 Å². The fourth-order valence-electron chi connectivity index (χ4n) is 2.00. The molecule has 1 heterocycles. The van der Waals surface area contributed by atoms with Crippen LogP contribution in [0.3, 0.4) is 0 Å². The highest BCUT2D eigenvalue weighted by Gasteiger charge is 2.06. The van der Waals surface area contributed by atoms with Crippen LogP contribution in [-0.4, -0.2) is 23.9 Å². The predicted octanol–water partition coefficient (Wildman–Crippen LogP) is 1.97. The van der Waals surface area contributed by atoms with Crippen molar-refractivity contribution in [3.05, 3.63) is 47.3 Å². The summed E-state index contributed by atoms with van der Waals surface area (Å²) < 4.78 is 7.32. The molecule has 0 saturated carbocycles. The van der Waals surface area contributed by atoms with Crippen LogP contribution >= 0.6 is 0 Å². The molecule has 0 saturated heterocycles. The van der Waals surface area contributed by atoms with Gasteiger partial charge >= 0.3 is 0 Å². The Labute approximate surface area is 108 Å². The zero-order valence-corrected chi connectivity index (χ0v) is 11.1. The molecule has 0 unspecified atom stereocenters. The van der Waals surface area contributed by atoms with Gasteiger partial charge in [-0.2, -0.15) is 5.10 Å². The third kappa shape index (κ3) is 2.90. The van der Waals surface area contributed by atoms with E-state index in [0.717, 1.165) is 30.1 Å². The Morgan fingerprint density at radius 1 is 1.33 bits per heavy atom. The highest BCUT2D eigenvalue weighted by atomic mass is 16.5. The molecule has 0 spiro atoms. The molecule has 0 atom stereocenters. The lowest BCUT2D eigenvalue weighted by Gasteiger charge is -2.11. The molecule has 0 aliphatic carbocycles. The number of aromatic nitrogens is 2. The van der Waals surface area contributed by atoms with Gasteiger partial charge in [0.1, 0.15) is 5.75 Å². The molecular weight excluding hydrogens is 226 g/mol. The second kappa shape index (κ2) is 5.69. The molecule has 0 aliphatic heterocycles. The van der Waals surface area contributed by atoms with E-state index in [1.807, 2.05) is 37.0 Å². The molecule has 0 radical (unpaired) electrons. The molecule has 0 bridgehead atoms. The molecule has 1 aromatic carbocycles. The first-order chi connectivity index (χ1) is 8.72. The topological polar surface area (TPSA) is 39.1 Å². The second-order valence-corrected chi connectivity index (χ2v) is 4.33. The molecular formula is C14H19N3O. The van der Waals surface area contributed by atoms with Crippen LogP contribution in [0.2, 0.25) is 0 Å². The minimum absolute atomic E-state index is 0.731. The summed E-state index contributed by atoms with van der Waals surface area (Å²) in [4.78, 5) is 0. The van der Waals surface area contributed by atoms with Gasteiger partial charge in [-0.05, 0) is 37.7 Å². The Morgan fingerprint density at radius 2 is 2.17 bits per heavy atom.